The molecule has 0 unspecified atom stereocenters. The molecule has 0 spiro atoms. The highest BCUT2D eigenvalue weighted by molar-refractivity contribution is 5.51. The Kier molecular flexibility index (Phi) is 4.67. The largest absolute Gasteiger partial charge is 0.472 e. The minimum atomic E-state index is -4.34. The Hall–Kier alpha value is -2.54. The van der Waals surface area contributed by atoms with Gasteiger partial charge in [0, 0.05) is 13.1 Å². The molecule has 0 atom stereocenters. The van der Waals surface area contributed by atoms with Crippen LogP contribution in [0.1, 0.15) is 22.6 Å². The number of hydrogen-bond acceptors (Lipinski definition) is 4. The van der Waals surface area contributed by atoms with Gasteiger partial charge in [-0.1, -0.05) is 18.2 Å². The summed E-state index contributed by atoms with van der Waals surface area (Å²) in [4.78, 5) is 6.33. The summed E-state index contributed by atoms with van der Waals surface area (Å²) in [6.45, 7) is 2.64. The fourth-order valence-electron chi connectivity index (χ4n) is 2.55. The molecule has 0 saturated heterocycles. The average Bonchev–Trinajstić information content (AvgIpc) is 3.17. The van der Waals surface area contributed by atoms with Gasteiger partial charge in [0.05, 0.1) is 23.1 Å². The molecule has 0 amide bonds. The van der Waals surface area contributed by atoms with Gasteiger partial charge >= 0.3 is 6.18 Å². The summed E-state index contributed by atoms with van der Waals surface area (Å²) in [5.74, 6) is 1.14. The van der Waals surface area contributed by atoms with Gasteiger partial charge in [-0.3, -0.25) is 4.90 Å². The zero-order valence-electron chi connectivity index (χ0n) is 13.8. The Balaban J connectivity index is 1.70. The molecule has 2 aromatic heterocycles. The maximum atomic E-state index is 12.8. The monoisotopic (exact) mass is 350 g/mol. The summed E-state index contributed by atoms with van der Waals surface area (Å²) < 4.78 is 49.0. The van der Waals surface area contributed by atoms with Gasteiger partial charge in [-0.2, -0.15) is 13.2 Å². The minimum absolute atomic E-state index is 0.372. The van der Waals surface area contributed by atoms with Crippen molar-refractivity contribution in [2.45, 2.75) is 26.2 Å². The van der Waals surface area contributed by atoms with Gasteiger partial charge in [-0.15, -0.1) is 0 Å². The van der Waals surface area contributed by atoms with Crippen molar-refractivity contribution in [2.24, 2.45) is 0 Å². The van der Waals surface area contributed by atoms with Crippen LogP contribution >= 0.6 is 0 Å². The highest BCUT2D eigenvalue weighted by atomic mass is 19.4. The van der Waals surface area contributed by atoms with Crippen molar-refractivity contribution in [1.82, 2.24) is 9.88 Å². The molecule has 3 aromatic rings. The molecular weight excluding hydrogens is 333 g/mol. The van der Waals surface area contributed by atoms with E-state index in [9.17, 15) is 13.2 Å². The summed E-state index contributed by atoms with van der Waals surface area (Å²) >= 11 is 0. The second-order valence-electron chi connectivity index (χ2n) is 5.90. The van der Waals surface area contributed by atoms with E-state index >= 15 is 0 Å². The number of rotatable bonds is 5. The molecule has 0 saturated carbocycles. The molecule has 7 heteroatoms. The first-order valence-electron chi connectivity index (χ1n) is 7.66. The van der Waals surface area contributed by atoms with E-state index in [1.807, 2.05) is 18.9 Å². The van der Waals surface area contributed by atoms with Gasteiger partial charge in [-0.05, 0) is 31.7 Å². The lowest BCUT2D eigenvalue weighted by atomic mass is 10.1. The van der Waals surface area contributed by atoms with Crippen molar-refractivity contribution < 1.29 is 22.0 Å². The van der Waals surface area contributed by atoms with Gasteiger partial charge in [0.15, 0.2) is 0 Å². The molecule has 0 radical (unpaired) electrons. The van der Waals surface area contributed by atoms with E-state index in [4.69, 9.17) is 8.83 Å². The molecule has 0 aliphatic heterocycles. The third-order valence-electron chi connectivity index (χ3n) is 3.79. The van der Waals surface area contributed by atoms with Crippen LogP contribution in [0.25, 0.3) is 11.5 Å². The van der Waals surface area contributed by atoms with Gasteiger partial charge in [0.25, 0.3) is 0 Å². The summed E-state index contributed by atoms with van der Waals surface area (Å²) in [6.07, 6.45) is -1.26. The van der Waals surface area contributed by atoms with Crippen molar-refractivity contribution in [3.63, 3.8) is 0 Å². The average molecular weight is 350 g/mol. The van der Waals surface area contributed by atoms with E-state index in [1.165, 1.54) is 18.4 Å². The molecule has 1 aromatic carbocycles. The van der Waals surface area contributed by atoms with Crippen LogP contribution in [0.4, 0.5) is 13.2 Å². The van der Waals surface area contributed by atoms with E-state index in [0.717, 1.165) is 17.3 Å². The van der Waals surface area contributed by atoms with Crippen LogP contribution in [0.2, 0.25) is 0 Å². The van der Waals surface area contributed by atoms with Gasteiger partial charge in [-0.25, -0.2) is 4.98 Å². The SMILES string of the molecule is Cc1oc(-c2ccoc2)nc1CN(C)Cc1cccc(C(F)(F)F)c1. The molecule has 0 aliphatic carbocycles. The molecular formula is C18H17F3N2O2. The van der Waals surface area contributed by atoms with Crippen molar-refractivity contribution >= 4 is 0 Å². The molecule has 0 bridgehead atoms. The second kappa shape index (κ2) is 6.76. The van der Waals surface area contributed by atoms with E-state index < -0.39 is 11.7 Å². The van der Waals surface area contributed by atoms with Crippen LogP contribution in [-0.4, -0.2) is 16.9 Å². The number of furan rings is 1. The summed E-state index contributed by atoms with van der Waals surface area (Å²) in [5, 5.41) is 0. The van der Waals surface area contributed by atoms with Gasteiger partial charge in [0.1, 0.15) is 12.0 Å². The van der Waals surface area contributed by atoms with Gasteiger partial charge < -0.3 is 8.83 Å². The van der Waals surface area contributed by atoms with Crippen molar-refractivity contribution in [3.05, 3.63) is 65.4 Å². The normalized spacial score (nSPS) is 12.1. The number of aromatic nitrogens is 1. The van der Waals surface area contributed by atoms with Crippen LogP contribution in [-0.2, 0) is 19.3 Å². The number of oxazole rings is 1. The number of alkyl halides is 3. The molecule has 132 valence electrons. The quantitative estimate of drug-likeness (QED) is 0.657. The number of nitrogens with zero attached hydrogens (tertiary/aromatic N) is 2. The molecule has 4 nitrogen and oxygen atoms in total. The Morgan fingerprint density at radius 3 is 2.64 bits per heavy atom. The van der Waals surface area contributed by atoms with Crippen LogP contribution in [0.5, 0.6) is 0 Å². The summed E-state index contributed by atoms with van der Waals surface area (Å²) in [6, 6.07) is 7.09. The predicted molar refractivity (Wildman–Crippen MR) is 85.6 cm³/mol. The van der Waals surface area contributed by atoms with E-state index in [-0.39, 0.29) is 0 Å². The second-order valence-corrected chi connectivity index (χ2v) is 5.90. The number of halogens is 3. The summed E-state index contributed by atoms with van der Waals surface area (Å²) in [7, 11) is 1.83. The molecule has 2 heterocycles. The summed E-state index contributed by atoms with van der Waals surface area (Å²) in [5.41, 5.74) is 1.44. The standard InChI is InChI=1S/C18H17F3N2O2/c1-12-16(22-17(25-12)14-6-7-24-11-14)10-23(2)9-13-4-3-5-15(8-13)18(19,20)21/h3-8,11H,9-10H2,1-2H3. The smallest absolute Gasteiger partial charge is 0.416 e. The first-order valence-corrected chi connectivity index (χ1v) is 7.66. The molecule has 3 rings (SSSR count). The van der Waals surface area contributed by atoms with Crippen LogP contribution in [0.15, 0.2) is 51.7 Å². The maximum absolute atomic E-state index is 12.8. The lowest BCUT2D eigenvalue weighted by Crippen LogP contribution is -2.18. The Morgan fingerprint density at radius 2 is 1.96 bits per heavy atom. The topological polar surface area (TPSA) is 42.4 Å². The van der Waals surface area contributed by atoms with Crippen molar-refractivity contribution in [3.8, 4) is 11.5 Å². The Morgan fingerprint density at radius 1 is 1.16 bits per heavy atom. The maximum Gasteiger partial charge on any atom is 0.416 e. The minimum Gasteiger partial charge on any atom is -0.472 e. The van der Waals surface area contributed by atoms with Crippen LogP contribution < -0.4 is 0 Å². The number of aryl methyl sites for hydroxylation is 1. The predicted octanol–water partition coefficient (Wildman–Crippen LogP) is 4.89. The first kappa shape index (κ1) is 17.3. The van der Waals surface area contributed by atoms with E-state index in [0.29, 0.717) is 30.3 Å². The first-order chi connectivity index (χ1) is 11.8. The van der Waals surface area contributed by atoms with Crippen molar-refractivity contribution in [1.29, 1.82) is 0 Å². The fraction of sp³-hybridized carbons (Fsp3) is 0.278. The lowest BCUT2D eigenvalue weighted by molar-refractivity contribution is -0.137. The van der Waals surface area contributed by atoms with E-state index in [1.54, 1.807) is 18.4 Å². The van der Waals surface area contributed by atoms with Crippen LogP contribution in [0.3, 0.4) is 0 Å². The third kappa shape index (κ3) is 4.11. The fourth-order valence-corrected chi connectivity index (χ4v) is 2.55. The van der Waals surface area contributed by atoms with Gasteiger partial charge in [0.2, 0.25) is 5.89 Å². The highest BCUT2D eigenvalue weighted by Crippen LogP contribution is 2.30. The van der Waals surface area contributed by atoms with Crippen LogP contribution in [0, 0.1) is 6.92 Å². The Bertz CT molecular complexity index is 838. The Labute approximate surface area is 142 Å². The lowest BCUT2D eigenvalue weighted by Gasteiger charge is -2.16. The number of hydrogen-bond donors (Lipinski definition) is 0. The molecule has 0 aliphatic rings. The molecule has 0 N–H and O–H groups in total. The van der Waals surface area contributed by atoms with E-state index in [2.05, 4.69) is 4.98 Å². The zero-order chi connectivity index (χ0) is 18.0. The highest BCUT2D eigenvalue weighted by Gasteiger charge is 2.30. The molecule has 0 fully saturated rings. The molecule has 25 heavy (non-hydrogen) atoms. The number of benzene rings is 1. The van der Waals surface area contributed by atoms with Crippen molar-refractivity contribution in [2.75, 3.05) is 7.05 Å². The zero-order valence-corrected chi connectivity index (χ0v) is 13.8. The third-order valence-corrected chi connectivity index (χ3v) is 3.79.